The highest BCUT2D eigenvalue weighted by Gasteiger charge is 2.20. The summed E-state index contributed by atoms with van der Waals surface area (Å²) in [5.41, 5.74) is 1.36. The van der Waals surface area contributed by atoms with Crippen molar-refractivity contribution < 1.29 is 4.39 Å². The Hall–Kier alpha value is -1.39. The van der Waals surface area contributed by atoms with Crippen LogP contribution in [0.3, 0.4) is 0 Å². The maximum absolute atomic E-state index is 14.0. The zero-order valence-electron chi connectivity index (χ0n) is 9.74. The quantitative estimate of drug-likeness (QED) is 0.921. The number of nitrogens with one attached hydrogen (secondary N) is 1. The van der Waals surface area contributed by atoms with E-state index in [1.54, 1.807) is 18.3 Å². The molecule has 0 spiro atoms. The molecule has 0 unspecified atom stereocenters. The van der Waals surface area contributed by atoms with Gasteiger partial charge in [0.25, 0.3) is 0 Å². The lowest BCUT2D eigenvalue weighted by Gasteiger charge is -2.07. The van der Waals surface area contributed by atoms with Crippen LogP contribution in [0.1, 0.15) is 18.4 Å². The second-order valence-electron chi connectivity index (χ2n) is 4.54. The Balaban J connectivity index is 1.79. The first-order valence-corrected chi connectivity index (χ1v) is 6.32. The van der Waals surface area contributed by atoms with Gasteiger partial charge in [-0.1, -0.05) is 17.7 Å². The van der Waals surface area contributed by atoms with Crippen LogP contribution >= 0.6 is 11.6 Å². The Morgan fingerprint density at radius 2 is 2.28 bits per heavy atom. The average Bonchev–Trinajstić information content (AvgIpc) is 3.09. The average molecular weight is 266 g/mol. The van der Waals surface area contributed by atoms with Crippen LogP contribution < -0.4 is 5.32 Å². The maximum atomic E-state index is 14.0. The van der Waals surface area contributed by atoms with Crippen molar-refractivity contribution in [1.29, 1.82) is 0 Å². The standard InChI is InChI=1S/C13H13ClFN3/c14-10-7-17-18(8-10)13-4-1-9(5-12(13)15)6-16-11-2-3-11/h1,4-5,7-8,11,16H,2-3,6H2. The highest BCUT2D eigenvalue weighted by molar-refractivity contribution is 6.30. The van der Waals surface area contributed by atoms with Gasteiger partial charge in [0.1, 0.15) is 11.5 Å². The van der Waals surface area contributed by atoms with Gasteiger partial charge in [-0.2, -0.15) is 5.10 Å². The van der Waals surface area contributed by atoms with Crippen LogP contribution in [0.15, 0.2) is 30.6 Å². The van der Waals surface area contributed by atoms with E-state index in [1.165, 1.54) is 23.7 Å². The molecular formula is C13H13ClFN3. The minimum absolute atomic E-state index is 0.287. The highest BCUT2D eigenvalue weighted by Crippen LogP contribution is 2.20. The summed E-state index contributed by atoms with van der Waals surface area (Å²) in [6, 6.07) is 5.80. The summed E-state index contributed by atoms with van der Waals surface area (Å²) in [7, 11) is 0. The third kappa shape index (κ3) is 2.54. The predicted molar refractivity (Wildman–Crippen MR) is 68.4 cm³/mol. The van der Waals surface area contributed by atoms with Crippen molar-refractivity contribution >= 4 is 11.6 Å². The first kappa shape index (κ1) is 11.7. The maximum Gasteiger partial charge on any atom is 0.149 e. The Kier molecular flexibility index (Phi) is 3.06. The fraction of sp³-hybridized carbons (Fsp3) is 0.308. The van der Waals surface area contributed by atoms with E-state index < -0.39 is 0 Å². The van der Waals surface area contributed by atoms with Crippen molar-refractivity contribution in [3.8, 4) is 5.69 Å². The van der Waals surface area contributed by atoms with Crippen molar-refractivity contribution in [2.75, 3.05) is 0 Å². The van der Waals surface area contributed by atoms with E-state index in [9.17, 15) is 4.39 Å². The molecule has 1 N–H and O–H groups in total. The monoisotopic (exact) mass is 265 g/mol. The van der Waals surface area contributed by atoms with E-state index in [2.05, 4.69) is 10.4 Å². The molecule has 2 aromatic rings. The largest absolute Gasteiger partial charge is 0.310 e. The van der Waals surface area contributed by atoms with Gasteiger partial charge in [0.15, 0.2) is 0 Å². The predicted octanol–water partition coefficient (Wildman–Crippen LogP) is 2.92. The molecule has 1 fully saturated rings. The van der Waals surface area contributed by atoms with Crippen LogP contribution in [-0.2, 0) is 6.54 Å². The fourth-order valence-electron chi connectivity index (χ4n) is 1.83. The van der Waals surface area contributed by atoms with Gasteiger partial charge < -0.3 is 5.32 Å². The van der Waals surface area contributed by atoms with Crippen LogP contribution in [0.4, 0.5) is 4.39 Å². The smallest absolute Gasteiger partial charge is 0.149 e. The molecule has 0 atom stereocenters. The summed E-state index contributed by atoms with van der Waals surface area (Å²) in [4.78, 5) is 0. The van der Waals surface area contributed by atoms with E-state index in [-0.39, 0.29) is 5.82 Å². The molecule has 5 heteroatoms. The first-order chi connectivity index (χ1) is 8.72. The van der Waals surface area contributed by atoms with Crippen LogP contribution in [0.5, 0.6) is 0 Å². The van der Waals surface area contributed by atoms with Gasteiger partial charge in [-0.05, 0) is 30.5 Å². The molecule has 1 aliphatic carbocycles. The van der Waals surface area contributed by atoms with Crippen molar-refractivity contribution in [2.24, 2.45) is 0 Å². The summed E-state index contributed by atoms with van der Waals surface area (Å²) in [6.45, 7) is 0.710. The van der Waals surface area contributed by atoms with Gasteiger partial charge in [0.05, 0.1) is 11.2 Å². The molecule has 94 valence electrons. The number of nitrogens with zero attached hydrogens (tertiary/aromatic N) is 2. The first-order valence-electron chi connectivity index (χ1n) is 5.95. The zero-order chi connectivity index (χ0) is 12.5. The van der Waals surface area contributed by atoms with Crippen molar-refractivity contribution in [3.05, 3.63) is 47.0 Å². The molecule has 3 nitrogen and oxygen atoms in total. The molecule has 0 saturated heterocycles. The lowest BCUT2D eigenvalue weighted by atomic mass is 10.2. The van der Waals surface area contributed by atoms with E-state index in [0.717, 1.165) is 5.56 Å². The van der Waals surface area contributed by atoms with Gasteiger partial charge in [0.2, 0.25) is 0 Å². The highest BCUT2D eigenvalue weighted by atomic mass is 35.5. The van der Waals surface area contributed by atoms with Crippen LogP contribution in [0.2, 0.25) is 5.02 Å². The minimum Gasteiger partial charge on any atom is -0.310 e. The normalized spacial score (nSPS) is 15.0. The topological polar surface area (TPSA) is 29.9 Å². The Morgan fingerprint density at radius 3 is 2.89 bits per heavy atom. The van der Waals surface area contributed by atoms with E-state index >= 15 is 0 Å². The molecule has 1 aliphatic rings. The summed E-state index contributed by atoms with van der Waals surface area (Å²) >= 11 is 5.77. The molecular weight excluding hydrogens is 253 g/mol. The number of halogens is 2. The summed E-state index contributed by atoms with van der Waals surface area (Å²) in [5.74, 6) is -0.287. The molecule has 0 radical (unpaired) electrons. The fourth-order valence-corrected chi connectivity index (χ4v) is 1.96. The van der Waals surface area contributed by atoms with E-state index in [1.807, 2.05) is 6.07 Å². The SMILES string of the molecule is Fc1cc(CNC2CC2)ccc1-n1cc(Cl)cn1. The summed E-state index contributed by atoms with van der Waals surface area (Å²) in [5, 5.41) is 7.84. The number of hydrogen-bond acceptors (Lipinski definition) is 2. The van der Waals surface area contributed by atoms with Gasteiger partial charge >= 0.3 is 0 Å². The van der Waals surface area contributed by atoms with Gasteiger partial charge in [-0.3, -0.25) is 0 Å². The Morgan fingerprint density at radius 1 is 1.44 bits per heavy atom. The molecule has 1 saturated carbocycles. The molecule has 0 aliphatic heterocycles. The van der Waals surface area contributed by atoms with Crippen LogP contribution in [0.25, 0.3) is 5.69 Å². The van der Waals surface area contributed by atoms with Gasteiger partial charge in [-0.15, -0.1) is 0 Å². The zero-order valence-corrected chi connectivity index (χ0v) is 10.5. The summed E-state index contributed by atoms with van der Waals surface area (Å²) < 4.78 is 15.4. The second kappa shape index (κ2) is 4.71. The van der Waals surface area contributed by atoms with Crippen LogP contribution in [0, 0.1) is 5.82 Å². The summed E-state index contributed by atoms with van der Waals surface area (Å²) in [6.07, 6.45) is 5.53. The Labute approximate surface area is 110 Å². The van der Waals surface area contributed by atoms with E-state index in [0.29, 0.717) is 23.3 Å². The minimum atomic E-state index is -0.287. The van der Waals surface area contributed by atoms with Crippen LogP contribution in [-0.4, -0.2) is 15.8 Å². The molecule has 0 bridgehead atoms. The van der Waals surface area contributed by atoms with E-state index in [4.69, 9.17) is 11.6 Å². The molecule has 1 aromatic heterocycles. The van der Waals surface area contributed by atoms with Gasteiger partial charge in [0, 0.05) is 18.8 Å². The molecule has 3 rings (SSSR count). The third-order valence-electron chi connectivity index (χ3n) is 2.98. The molecule has 1 aromatic carbocycles. The lowest BCUT2D eigenvalue weighted by Crippen LogP contribution is -2.15. The van der Waals surface area contributed by atoms with Crippen molar-refractivity contribution in [2.45, 2.75) is 25.4 Å². The third-order valence-corrected chi connectivity index (χ3v) is 3.18. The lowest BCUT2D eigenvalue weighted by molar-refractivity contribution is 0.604. The molecule has 0 amide bonds. The Bertz CT molecular complexity index is 563. The van der Waals surface area contributed by atoms with Crippen molar-refractivity contribution in [1.82, 2.24) is 15.1 Å². The number of hydrogen-bond donors (Lipinski definition) is 1. The van der Waals surface area contributed by atoms with Crippen molar-refractivity contribution in [3.63, 3.8) is 0 Å². The van der Waals surface area contributed by atoms with Gasteiger partial charge in [-0.25, -0.2) is 9.07 Å². The molecule has 18 heavy (non-hydrogen) atoms. The second-order valence-corrected chi connectivity index (χ2v) is 4.98. The number of aromatic nitrogens is 2. The molecule has 1 heterocycles. The number of rotatable bonds is 4. The number of benzene rings is 1.